The molecule has 0 aromatic heterocycles. The molecule has 3 aromatic carbocycles. The maximum atomic E-state index is 14.1. The summed E-state index contributed by atoms with van der Waals surface area (Å²) in [6.07, 6.45) is 3.91. The van der Waals surface area contributed by atoms with Crippen molar-refractivity contribution in [3.05, 3.63) is 87.4 Å². The van der Waals surface area contributed by atoms with Crippen LogP contribution in [0.2, 0.25) is 5.02 Å². The van der Waals surface area contributed by atoms with E-state index in [4.69, 9.17) is 16.3 Å². The van der Waals surface area contributed by atoms with Gasteiger partial charge in [-0.2, -0.15) is 0 Å². The highest BCUT2D eigenvalue weighted by Crippen LogP contribution is 2.32. The van der Waals surface area contributed by atoms with E-state index in [1.807, 2.05) is 31.2 Å². The number of benzene rings is 3. The number of nitrogens with one attached hydrogen (secondary N) is 1. The molecule has 1 N–H and O–H groups in total. The van der Waals surface area contributed by atoms with Crippen LogP contribution in [0.5, 0.6) is 5.75 Å². The maximum Gasteiger partial charge on any atom is 0.264 e. The number of nitrogens with zero attached hydrogens (tertiary/aromatic N) is 2. The molecule has 11 heteroatoms. The van der Waals surface area contributed by atoms with Crippen LogP contribution in [0.3, 0.4) is 0 Å². The second-order valence-electron chi connectivity index (χ2n) is 10.5. The number of hydrogen-bond acceptors (Lipinski definition) is 5. The number of amides is 2. The van der Waals surface area contributed by atoms with Crippen molar-refractivity contribution in [3.8, 4) is 5.75 Å². The van der Waals surface area contributed by atoms with Gasteiger partial charge in [-0.1, -0.05) is 70.2 Å². The molecule has 1 aliphatic rings. The standard InChI is InChI=1S/C31H35BrClN3O5S/c1-21-11-14-27(15-12-21)42(39,40)36(26-13-16-29(41-3)28(33)18-26)20-30(37)35(19-23-7-6-8-24(32)17-23)22(2)31(38)34-25-9-4-5-10-25/h6-8,11-18,22,25H,4-5,9-10,19-20H2,1-3H3,(H,34,38)/t22-/m1/s1. The van der Waals surface area contributed by atoms with Crippen LogP contribution in [0, 0.1) is 6.92 Å². The lowest BCUT2D eigenvalue weighted by molar-refractivity contribution is -0.139. The quantitative estimate of drug-likeness (QED) is 0.265. The monoisotopic (exact) mass is 675 g/mol. The van der Waals surface area contributed by atoms with Gasteiger partial charge >= 0.3 is 0 Å². The van der Waals surface area contributed by atoms with E-state index in [9.17, 15) is 18.0 Å². The lowest BCUT2D eigenvalue weighted by Gasteiger charge is -2.32. The van der Waals surface area contributed by atoms with E-state index < -0.39 is 28.5 Å². The largest absolute Gasteiger partial charge is 0.495 e. The summed E-state index contributed by atoms with van der Waals surface area (Å²) in [7, 11) is -2.74. The maximum absolute atomic E-state index is 14.1. The Morgan fingerprint density at radius 1 is 1.07 bits per heavy atom. The van der Waals surface area contributed by atoms with E-state index in [0.717, 1.165) is 45.6 Å². The molecule has 0 radical (unpaired) electrons. The van der Waals surface area contributed by atoms with Crippen LogP contribution in [-0.4, -0.2) is 50.9 Å². The first kappa shape index (κ1) is 31.8. The van der Waals surface area contributed by atoms with Gasteiger partial charge in [0.1, 0.15) is 18.3 Å². The van der Waals surface area contributed by atoms with Crippen molar-refractivity contribution < 1.29 is 22.7 Å². The van der Waals surface area contributed by atoms with Crippen LogP contribution < -0.4 is 14.4 Å². The predicted octanol–water partition coefficient (Wildman–Crippen LogP) is 6.09. The predicted molar refractivity (Wildman–Crippen MR) is 168 cm³/mol. The fourth-order valence-electron chi connectivity index (χ4n) is 4.98. The van der Waals surface area contributed by atoms with Crippen molar-refractivity contribution in [2.24, 2.45) is 0 Å². The Balaban J connectivity index is 1.71. The number of hydrogen-bond donors (Lipinski definition) is 1. The molecule has 0 bridgehead atoms. The first-order valence-corrected chi connectivity index (χ1v) is 16.4. The fourth-order valence-corrected chi connectivity index (χ4v) is 7.09. The molecule has 8 nitrogen and oxygen atoms in total. The van der Waals surface area contributed by atoms with Crippen molar-refractivity contribution >= 4 is 55.1 Å². The van der Waals surface area contributed by atoms with Crippen LogP contribution in [0.1, 0.15) is 43.7 Å². The Morgan fingerprint density at radius 3 is 2.38 bits per heavy atom. The third-order valence-corrected chi connectivity index (χ3v) is 10.00. The van der Waals surface area contributed by atoms with Gasteiger partial charge in [0.15, 0.2) is 0 Å². The van der Waals surface area contributed by atoms with E-state index in [0.29, 0.717) is 5.75 Å². The Bertz CT molecular complexity index is 1530. The van der Waals surface area contributed by atoms with E-state index in [1.54, 1.807) is 31.2 Å². The minimum absolute atomic E-state index is 0.0263. The summed E-state index contributed by atoms with van der Waals surface area (Å²) in [5.41, 5.74) is 1.88. The second kappa shape index (κ2) is 13.9. The summed E-state index contributed by atoms with van der Waals surface area (Å²) in [5.74, 6) is -0.440. The van der Waals surface area contributed by atoms with Gasteiger partial charge in [0, 0.05) is 17.1 Å². The van der Waals surface area contributed by atoms with Crippen LogP contribution in [0.4, 0.5) is 5.69 Å². The summed E-state index contributed by atoms with van der Waals surface area (Å²) in [4.78, 5) is 28.9. The van der Waals surface area contributed by atoms with E-state index in [1.165, 1.54) is 30.2 Å². The lowest BCUT2D eigenvalue weighted by Crippen LogP contribution is -2.52. The molecule has 0 saturated heterocycles. The topological polar surface area (TPSA) is 96.0 Å². The third-order valence-electron chi connectivity index (χ3n) is 7.42. The fraction of sp³-hybridized carbons (Fsp3) is 0.355. The van der Waals surface area contributed by atoms with Crippen molar-refractivity contribution in [2.45, 2.75) is 63.1 Å². The average molecular weight is 677 g/mol. The van der Waals surface area contributed by atoms with Crippen LogP contribution in [0.25, 0.3) is 0 Å². The average Bonchev–Trinajstić information content (AvgIpc) is 3.47. The smallest absolute Gasteiger partial charge is 0.264 e. The minimum atomic E-state index is -4.20. The van der Waals surface area contributed by atoms with Crippen LogP contribution >= 0.6 is 27.5 Å². The van der Waals surface area contributed by atoms with Gasteiger partial charge in [-0.05, 0) is 74.7 Å². The summed E-state index contributed by atoms with van der Waals surface area (Å²) in [6.45, 7) is 3.09. The van der Waals surface area contributed by atoms with Gasteiger partial charge in [0.05, 0.1) is 22.7 Å². The SMILES string of the molecule is COc1ccc(N(CC(=O)N(Cc2cccc(Br)c2)[C@H](C)C(=O)NC2CCCC2)S(=O)(=O)c2ccc(C)cc2)cc1Cl. The Labute approximate surface area is 261 Å². The zero-order valence-corrected chi connectivity index (χ0v) is 27.0. The molecule has 42 heavy (non-hydrogen) atoms. The highest BCUT2D eigenvalue weighted by atomic mass is 79.9. The molecule has 224 valence electrons. The molecule has 0 heterocycles. The Morgan fingerprint density at radius 2 is 1.76 bits per heavy atom. The lowest BCUT2D eigenvalue weighted by atomic mass is 10.1. The second-order valence-corrected chi connectivity index (χ2v) is 13.6. The molecule has 0 aliphatic heterocycles. The number of halogens is 2. The van der Waals surface area contributed by atoms with Crippen LogP contribution in [0.15, 0.2) is 76.1 Å². The van der Waals surface area contributed by atoms with Gasteiger partial charge in [0.2, 0.25) is 11.8 Å². The summed E-state index contributed by atoms with van der Waals surface area (Å²) in [5, 5.41) is 3.27. The molecule has 0 unspecified atom stereocenters. The molecule has 1 atom stereocenters. The number of ether oxygens (including phenoxy) is 1. The molecule has 2 amide bonds. The van der Waals surface area contributed by atoms with Gasteiger partial charge in [-0.3, -0.25) is 13.9 Å². The molecule has 1 fully saturated rings. The number of sulfonamides is 1. The van der Waals surface area contributed by atoms with Crippen molar-refractivity contribution in [1.29, 1.82) is 0 Å². The zero-order chi connectivity index (χ0) is 30.4. The van der Waals surface area contributed by atoms with Crippen molar-refractivity contribution in [2.75, 3.05) is 18.0 Å². The number of aryl methyl sites for hydroxylation is 1. The molecule has 1 aliphatic carbocycles. The number of methoxy groups -OCH3 is 1. The Hall–Kier alpha value is -3.08. The molecular weight excluding hydrogens is 642 g/mol. The molecular formula is C31H35BrClN3O5S. The highest BCUT2D eigenvalue weighted by molar-refractivity contribution is 9.10. The van der Waals surface area contributed by atoms with Gasteiger partial charge in [-0.15, -0.1) is 0 Å². The van der Waals surface area contributed by atoms with E-state index >= 15 is 0 Å². The van der Waals surface area contributed by atoms with Crippen molar-refractivity contribution in [3.63, 3.8) is 0 Å². The third kappa shape index (κ3) is 7.65. The summed E-state index contributed by atoms with van der Waals surface area (Å²) in [6, 6.07) is 17.6. The van der Waals surface area contributed by atoms with Crippen LogP contribution in [-0.2, 0) is 26.2 Å². The number of anilines is 1. The normalized spacial score (nSPS) is 14.3. The molecule has 0 spiro atoms. The van der Waals surface area contributed by atoms with Gasteiger partial charge < -0.3 is 15.0 Å². The summed E-state index contributed by atoms with van der Waals surface area (Å²) < 4.78 is 35.1. The number of carbonyl (C=O) groups is 2. The van der Waals surface area contributed by atoms with E-state index in [-0.39, 0.29) is 34.1 Å². The molecule has 3 aromatic rings. The Kier molecular flexibility index (Phi) is 10.6. The molecule has 1 saturated carbocycles. The number of carbonyl (C=O) groups excluding carboxylic acids is 2. The van der Waals surface area contributed by atoms with Gasteiger partial charge in [0.25, 0.3) is 10.0 Å². The number of rotatable bonds is 11. The van der Waals surface area contributed by atoms with E-state index in [2.05, 4.69) is 21.2 Å². The first-order chi connectivity index (χ1) is 20.0. The zero-order valence-electron chi connectivity index (χ0n) is 23.8. The van der Waals surface area contributed by atoms with Gasteiger partial charge in [-0.25, -0.2) is 8.42 Å². The highest BCUT2D eigenvalue weighted by Gasteiger charge is 2.33. The molecule has 4 rings (SSSR count). The first-order valence-electron chi connectivity index (χ1n) is 13.8. The van der Waals surface area contributed by atoms with Crippen molar-refractivity contribution in [1.82, 2.24) is 10.2 Å². The minimum Gasteiger partial charge on any atom is -0.495 e. The summed E-state index contributed by atoms with van der Waals surface area (Å²) >= 11 is 9.85.